The molecular weight excluding hydrogens is 392 g/mol. The van der Waals surface area contributed by atoms with Gasteiger partial charge < -0.3 is 4.74 Å². The summed E-state index contributed by atoms with van der Waals surface area (Å²) in [5, 5.41) is 0. The summed E-state index contributed by atoms with van der Waals surface area (Å²) in [6.45, 7) is 13.9. The highest BCUT2D eigenvalue weighted by molar-refractivity contribution is 8.21. The van der Waals surface area contributed by atoms with Gasteiger partial charge in [-0.1, -0.05) is 30.7 Å². The molecular formula is C26H40OS2. The van der Waals surface area contributed by atoms with Crippen LogP contribution in [0.5, 0.6) is 0 Å². The molecule has 5 rings (SSSR count). The molecule has 4 aliphatic carbocycles. The molecule has 29 heavy (non-hydrogen) atoms. The van der Waals surface area contributed by atoms with E-state index in [1.807, 2.05) is 5.57 Å². The smallest absolute Gasteiger partial charge is 0.0794 e. The van der Waals surface area contributed by atoms with Crippen LogP contribution in [0.3, 0.4) is 0 Å². The quantitative estimate of drug-likeness (QED) is 0.419. The van der Waals surface area contributed by atoms with Gasteiger partial charge in [-0.2, -0.15) is 0 Å². The Morgan fingerprint density at radius 3 is 2.59 bits per heavy atom. The SMILES string of the molecule is C=C1C[C@]2(CC)[C@@H](OC(C)(C)C)CC[C@H]2[C@@H]2CCC3=CC4(CCC3[C@@H]12)SCCS4. The number of thioether (sulfide) groups is 2. The molecule has 0 aromatic heterocycles. The maximum absolute atomic E-state index is 6.70. The lowest BCUT2D eigenvalue weighted by molar-refractivity contribution is -0.132. The van der Waals surface area contributed by atoms with E-state index in [-0.39, 0.29) is 5.60 Å². The molecule has 0 bridgehead atoms. The average molecular weight is 433 g/mol. The molecule has 0 radical (unpaired) electrons. The van der Waals surface area contributed by atoms with Gasteiger partial charge in [0, 0.05) is 16.9 Å². The van der Waals surface area contributed by atoms with Gasteiger partial charge in [0.25, 0.3) is 0 Å². The maximum Gasteiger partial charge on any atom is 0.0794 e. The summed E-state index contributed by atoms with van der Waals surface area (Å²) in [5.74, 6) is 5.93. The van der Waals surface area contributed by atoms with E-state index < -0.39 is 0 Å². The monoisotopic (exact) mass is 432 g/mol. The van der Waals surface area contributed by atoms with Gasteiger partial charge in [-0.05, 0) is 95.8 Å². The Morgan fingerprint density at radius 2 is 1.90 bits per heavy atom. The second-order valence-corrected chi connectivity index (χ2v) is 14.5. The van der Waals surface area contributed by atoms with E-state index in [2.05, 4.69) is 57.3 Å². The standard InChI is InChI=1S/C26H40OS2/c1-6-25-15-17(2)23-19-11-12-26(28-13-14-29-26)16-18(19)7-8-20(23)21(25)9-10-22(25)27-24(3,4)5/h16,19-23H,2,6-15H2,1,3-5H3/t19?,20-,21-,22-,23+,25-/m0/s1. The van der Waals surface area contributed by atoms with Gasteiger partial charge in [0.15, 0.2) is 0 Å². The largest absolute Gasteiger partial charge is 0.372 e. The van der Waals surface area contributed by atoms with Gasteiger partial charge in [-0.25, -0.2) is 0 Å². The van der Waals surface area contributed by atoms with E-state index in [1.54, 1.807) is 5.57 Å². The van der Waals surface area contributed by atoms with Crippen molar-refractivity contribution in [2.24, 2.45) is 29.1 Å². The van der Waals surface area contributed by atoms with Crippen molar-refractivity contribution in [3.8, 4) is 0 Å². The second kappa shape index (κ2) is 7.34. The first kappa shape index (κ1) is 21.0. The van der Waals surface area contributed by atoms with Crippen LogP contribution in [0.15, 0.2) is 23.8 Å². The number of ether oxygens (including phenoxy) is 1. The fourth-order valence-corrected chi connectivity index (χ4v) is 11.2. The van der Waals surface area contributed by atoms with Crippen molar-refractivity contribution in [2.75, 3.05) is 11.5 Å². The van der Waals surface area contributed by atoms with Gasteiger partial charge in [-0.3, -0.25) is 0 Å². The van der Waals surface area contributed by atoms with E-state index in [4.69, 9.17) is 11.3 Å². The molecule has 1 unspecified atom stereocenters. The van der Waals surface area contributed by atoms with Crippen LogP contribution in [-0.2, 0) is 4.74 Å². The number of allylic oxidation sites excluding steroid dienone is 2. The van der Waals surface area contributed by atoms with E-state index in [0.29, 0.717) is 15.6 Å². The Kier molecular flexibility index (Phi) is 5.32. The third-order valence-electron chi connectivity index (χ3n) is 8.94. The van der Waals surface area contributed by atoms with Crippen LogP contribution >= 0.6 is 23.5 Å². The van der Waals surface area contributed by atoms with E-state index >= 15 is 0 Å². The molecule has 0 aromatic rings. The molecule has 5 aliphatic rings. The van der Waals surface area contributed by atoms with E-state index in [1.165, 1.54) is 62.9 Å². The Hall–Kier alpha value is 0.140. The number of hydrogen-bond donors (Lipinski definition) is 0. The van der Waals surface area contributed by atoms with Crippen LogP contribution < -0.4 is 0 Å². The molecule has 3 heteroatoms. The van der Waals surface area contributed by atoms with Gasteiger partial charge in [0.2, 0.25) is 0 Å². The minimum Gasteiger partial charge on any atom is -0.372 e. The predicted octanol–water partition coefficient (Wildman–Crippen LogP) is 7.48. The third kappa shape index (κ3) is 3.41. The lowest BCUT2D eigenvalue weighted by Gasteiger charge is -2.57. The fourth-order valence-electron chi connectivity index (χ4n) is 8.01. The molecule has 0 N–H and O–H groups in total. The summed E-state index contributed by atoms with van der Waals surface area (Å²) in [4.78, 5) is 0. The van der Waals surface area contributed by atoms with Crippen molar-refractivity contribution in [1.29, 1.82) is 0 Å². The minimum atomic E-state index is -0.0450. The lowest BCUT2D eigenvalue weighted by atomic mass is 9.50. The number of hydrogen-bond acceptors (Lipinski definition) is 3. The van der Waals surface area contributed by atoms with Crippen molar-refractivity contribution in [1.82, 2.24) is 0 Å². The summed E-state index contributed by atoms with van der Waals surface area (Å²) in [6, 6.07) is 0. The first-order chi connectivity index (χ1) is 13.8. The Labute approximate surface area is 187 Å². The molecule has 1 spiro atoms. The molecule has 4 fully saturated rings. The van der Waals surface area contributed by atoms with Crippen LogP contribution in [-0.4, -0.2) is 27.3 Å². The Bertz CT molecular complexity index is 698. The Balaban J connectivity index is 1.43. The first-order valence-corrected chi connectivity index (χ1v) is 14.1. The first-order valence-electron chi connectivity index (χ1n) is 12.1. The lowest BCUT2D eigenvalue weighted by Crippen LogP contribution is -2.51. The van der Waals surface area contributed by atoms with Crippen LogP contribution in [0.1, 0.15) is 79.1 Å². The van der Waals surface area contributed by atoms with Crippen molar-refractivity contribution >= 4 is 23.5 Å². The second-order valence-electron chi connectivity index (χ2n) is 11.4. The Morgan fingerprint density at radius 1 is 1.14 bits per heavy atom. The zero-order chi connectivity index (χ0) is 20.4. The molecule has 0 amide bonds. The molecule has 6 atom stereocenters. The topological polar surface area (TPSA) is 9.23 Å². The summed E-state index contributed by atoms with van der Waals surface area (Å²) < 4.78 is 7.13. The number of fused-ring (bicyclic) bond motifs is 5. The molecule has 3 saturated carbocycles. The number of rotatable bonds is 2. The van der Waals surface area contributed by atoms with Crippen molar-refractivity contribution < 1.29 is 4.74 Å². The van der Waals surface area contributed by atoms with Gasteiger partial charge >= 0.3 is 0 Å². The predicted molar refractivity (Wildman–Crippen MR) is 128 cm³/mol. The zero-order valence-corrected chi connectivity index (χ0v) is 20.6. The van der Waals surface area contributed by atoms with Crippen LogP contribution in [0.2, 0.25) is 0 Å². The summed E-state index contributed by atoms with van der Waals surface area (Å²) in [6.07, 6.45) is 13.8. The van der Waals surface area contributed by atoms with E-state index in [0.717, 1.165) is 23.7 Å². The van der Waals surface area contributed by atoms with E-state index in [9.17, 15) is 0 Å². The average Bonchev–Trinajstić information content (AvgIpc) is 3.25. The summed E-state index contributed by atoms with van der Waals surface area (Å²) >= 11 is 4.45. The highest BCUT2D eigenvalue weighted by atomic mass is 32.2. The molecule has 0 aromatic carbocycles. The highest BCUT2D eigenvalue weighted by Gasteiger charge is 2.60. The van der Waals surface area contributed by atoms with Crippen LogP contribution in [0.4, 0.5) is 0 Å². The molecule has 1 heterocycles. The summed E-state index contributed by atoms with van der Waals surface area (Å²) in [7, 11) is 0. The molecule has 1 saturated heterocycles. The zero-order valence-electron chi connectivity index (χ0n) is 19.0. The van der Waals surface area contributed by atoms with Gasteiger partial charge in [0.1, 0.15) is 0 Å². The third-order valence-corrected chi connectivity index (χ3v) is 12.3. The minimum absolute atomic E-state index is 0.0450. The molecule has 162 valence electrons. The highest BCUT2D eigenvalue weighted by Crippen LogP contribution is 2.66. The van der Waals surface area contributed by atoms with Crippen molar-refractivity contribution in [2.45, 2.75) is 94.8 Å². The summed E-state index contributed by atoms with van der Waals surface area (Å²) in [5.41, 5.74) is 3.69. The van der Waals surface area contributed by atoms with Crippen molar-refractivity contribution in [3.63, 3.8) is 0 Å². The van der Waals surface area contributed by atoms with Gasteiger partial charge in [0.05, 0.1) is 15.8 Å². The normalized spacial score (nSPS) is 43.7. The van der Waals surface area contributed by atoms with Crippen LogP contribution in [0, 0.1) is 29.1 Å². The van der Waals surface area contributed by atoms with Gasteiger partial charge in [-0.15, -0.1) is 23.5 Å². The van der Waals surface area contributed by atoms with Crippen LogP contribution in [0.25, 0.3) is 0 Å². The molecule has 1 aliphatic heterocycles. The van der Waals surface area contributed by atoms with Crippen molar-refractivity contribution in [3.05, 3.63) is 23.8 Å². The molecule has 1 nitrogen and oxygen atoms in total. The fraction of sp³-hybridized carbons (Fsp3) is 0.846. The maximum atomic E-state index is 6.70.